The van der Waals surface area contributed by atoms with Crippen molar-refractivity contribution >= 4 is 22.3 Å². The van der Waals surface area contributed by atoms with E-state index in [1.165, 1.54) is 4.90 Å². The van der Waals surface area contributed by atoms with E-state index < -0.39 is 12.0 Å². The van der Waals surface area contributed by atoms with Gasteiger partial charge >= 0.3 is 6.18 Å². The molecule has 0 N–H and O–H groups in total. The molecule has 7 heteroatoms. The molecule has 0 aromatic carbocycles. The molecule has 1 rings (SSSR count). The van der Waals surface area contributed by atoms with Crippen LogP contribution in [0.4, 0.5) is 18.3 Å². The average Bonchev–Trinajstić information content (AvgIpc) is 2.48. The van der Waals surface area contributed by atoms with Crippen LogP contribution in [0.1, 0.15) is 9.67 Å². The minimum atomic E-state index is -4.82. The van der Waals surface area contributed by atoms with E-state index in [0.717, 1.165) is 17.5 Å². The minimum absolute atomic E-state index is 0.373. The summed E-state index contributed by atoms with van der Waals surface area (Å²) in [7, 11) is 3.28. The standard InChI is InChI=1S/C7H7F3N2OS/c1-12(2)6-11-3-4(14-6)5(13)7(8,9)10/h3H,1-2H3. The first-order valence-corrected chi connectivity index (χ1v) is 4.38. The Balaban J connectivity index is 2.93. The Hall–Kier alpha value is -1.11. The summed E-state index contributed by atoms with van der Waals surface area (Å²) in [6, 6.07) is 0. The van der Waals surface area contributed by atoms with Gasteiger partial charge in [0.15, 0.2) is 5.13 Å². The summed E-state index contributed by atoms with van der Waals surface area (Å²) in [5.41, 5.74) is 0. The van der Waals surface area contributed by atoms with Crippen molar-refractivity contribution in [3.8, 4) is 0 Å². The Morgan fingerprint density at radius 1 is 1.50 bits per heavy atom. The molecule has 0 spiro atoms. The average molecular weight is 224 g/mol. The number of thiazole rings is 1. The largest absolute Gasteiger partial charge is 0.455 e. The van der Waals surface area contributed by atoms with Crippen LogP contribution >= 0.6 is 11.3 Å². The highest BCUT2D eigenvalue weighted by Gasteiger charge is 2.40. The molecule has 3 nitrogen and oxygen atoms in total. The number of alkyl halides is 3. The number of aromatic nitrogens is 1. The van der Waals surface area contributed by atoms with Gasteiger partial charge in [0.1, 0.15) is 4.88 Å². The number of ketones is 1. The van der Waals surface area contributed by atoms with Gasteiger partial charge < -0.3 is 4.90 Å². The van der Waals surface area contributed by atoms with E-state index in [1.54, 1.807) is 14.1 Å². The molecule has 1 aromatic heterocycles. The molecule has 0 aliphatic rings. The zero-order valence-corrected chi connectivity index (χ0v) is 8.24. The number of anilines is 1. The molecule has 0 radical (unpaired) electrons. The van der Waals surface area contributed by atoms with Gasteiger partial charge in [0, 0.05) is 14.1 Å². The monoisotopic (exact) mass is 224 g/mol. The molecule has 0 saturated carbocycles. The maximum absolute atomic E-state index is 12.0. The zero-order valence-electron chi connectivity index (χ0n) is 7.42. The number of Topliss-reactive ketones (excluding diaryl/α,β-unsaturated/α-hetero) is 1. The quantitative estimate of drug-likeness (QED) is 0.720. The summed E-state index contributed by atoms with van der Waals surface area (Å²) in [6.07, 6.45) is -3.88. The highest BCUT2D eigenvalue weighted by atomic mass is 32.1. The number of carbonyl (C=O) groups excluding carboxylic acids is 1. The molecular weight excluding hydrogens is 217 g/mol. The maximum atomic E-state index is 12.0. The maximum Gasteiger partial charge on any atom is 0.455 e. The highest BCUT2D eigenvalue weighted by molar-refractivity contribution is 7.17. The highest BCUT2D eigenvalue weighted by Crippen LogP contribution is 2.27. The van der Waals surface area contributed by atoms with E-state index in [9.17, 15) is 18.0 Å². The van der Waals surface area contributed by atoms with Gasteiger partial charge in [0.05, 0.1) is 6.20 Å². The Labute approximate surface area is 82.2 Å². The van der Waals surface area contributed by atoms with E-state index in [1.807, 2.05) is 0 Å². The lowest BCUT2D eigenvalue weighted by Gasteiger charge is -2.05. The fourth-order valence-corrected chi connectivity index (χ4v) is 1.51. The van der Waals surface area contributed by atoms with Gasteiger partial charge in [-0.1, -0.05) is 11.3 Å². The molecule has 0 fully saturated rings. The third kappa shape index (κ3) is 2.22. The van der Waals surface area contributed by atoms with Gasteiger partial charge in [-0.3, -0.25) is 4.79 Å². The molecular formula is C7H7F3N2OS. The molecule has 78 valence electrons. The van der Waals surface area contributed by atoms with Crippen molar-refractivity contribution in [3.05, 3.63) is 11.1 Å². The van der Waals surface area contributed by atoms with E-state index in [0.29, 0.717) is 5.13 Å². The van der Waals surface area contributed by atoms with Crippen LogP contribution in [-0.4, -0.2) is 31.0 Å². The van der Waals surface area contributed by atoms with Crippen molar-refractivity contribution < 1.29 is 18.0 Å². The lowest BCUT2D eigenvalue weighted by molar-refractivity contribution is -0.0882. The first-order chi connectivity index (χ1) is 6.32. The minimum Gasteiger partial charge on any atom is -0.354 e. The number of rotatable bonds is 2. The molecule has 1 aromatic rings. The number of halogens is 3. The summed E-state index contributed by atoms with van der Waals surface area (Å²) in [5.74, 6) is -1.84. The first kappa shape index (κ1) is 11.0. The second kappa shape index (κ2) is 3.56. The smallest absolute Gasteiger partial charge is 0.354 e. The Morgan fingerprint density at radius 2 is 2.07 bits per heavy atom. The summed E-state index contributed by atoms with van der Waals surface area (Å²) >= 11 is 0.721. The molecule has 0 aliphatic carbocycles. The fourth-order valence-electron chi connectivity index (χ4n) is 0.716. The molecule has 0 unspecified atom stereocenters. The van der Waals surface area contributed by atoms with Crippen LogP contribution in [0.25, 0.3) is 0 Å². The van der Waals surface area contributed by atoms with Crippen molar-refractivity contribution in [2.24, 2.45) is 0 Å². The third-order valence-corrected chi connectivity index (χ3v) is 2.52. The lowest BCUT2D eigenvalue weighted by atomic mass is 10.3. The fraction of sp³-hybridized carbons (Fsp3) is 0.429. The number of carbonyl (C=O) groups is 1. The SMILES string of the molecule is CN(C)c1ncc(C(=O)C(F)(F)F)s1. The van der Waals surface area contributed by atoms with Crippen LogP contribution < -0.4 is 4.90 Å². The third-order valence-electron chi connectivity index (χ3n) is 1.36. The van der Waals surface area contributed by atoms with Crippen molar-refractivity contribution in [2.45, 2.75) is 6.18 Å². The molecule has 0 bridgehead atoms. The van der Waals surface area contributed by atoms with Gasteiger partial charge in [-0.25, -0.2) is 4.98 Å². The number of hydrogen-bond acceptors (Lipinski definition) is 4. The second-order valence-electron chi connectivity index (χ2n) is 2.73. The number of hydrogen-bond donors (Lipinski definition) is 0. The normalized spacial score (nSPS) is 11.5. The van der Waals surface area contributed by atoms with Crippen molar-refractivity contribution in [1.29, 1.82) is 0 Å². The van der Waals surface area contributed by atoms with E-state index in [2.05, 4.69) is 4.98 Å². The van der Waals surface area contributed by atoms with Crippen molar-refractivity contribution in [3.63, 3.8) is 0 Å². The summed E-state index contributed by atoms with van der Waals surface area (Å²) in [4.78, 5) is 15.6. The second-order valence-corrected chi connectivity index (χ2v) is 3.74. The van der Waals surface area contributed by atoms with Gasteiger partial charge in [-0.15, -0.1) is 0 Å². The van der Waals surface area contributed by atoms with Crippen LogP contribution in [0.2, 0.25) is 0 Å². The van der Waals surface area contributed by atoms with Gasteiger partial charge in [-0.2, -0.15) is 13.2 Å². The molecule has 0 atom stereocenters. The van der Waals surface area contributed by atoms with Crippen LogP contribution in [0, 0.1) is 0 Å². The van der Waals surface area contributed by atoms with Gasteiger partial charge in [0.25, 0.3) is 5.78 Å². The lowest BCUT2D eigenvalue weighted by Crippen LogP contribution is -2.21. The van der Waals surface area contributed by atoms with Gasteiger partial charge in [0.2, 0.25) is 0 Å². The molecule has 1 heterocycles. The van der Waals surface area contributed by atoms with Crippen LogP contribution in [-0.2, 0) is 0 Å². The molecule has 0 aliphatic heterocycles. The molecule has 0 saturated heterocycles. The Bertz CT molecular complexity index is 345. The van der Waals surface area contributed by atoms with Crippen molar-refractivity contribution in [1.82, 2.24) is 4.98 Å². The van der Waals surface area contributed by atoms with Crippen LogP contribution in [0.5, 0.6) is 0 Å². The Morgan fingerprint density at radius 3 is 2.43 bits per heavy atom. The summed E-state index contributed by atoms with van der Waals surface area (Å²) in [6.45, 7) is 0. The van der Waals surface area contributed by atoms with Gasteiger partial charge in [-0.05, 0) is 0 Å². The van der Waals surface area contributed by atoms with E-state index >= 15 is 0 Å². The summed E-state index contributed by atoms with van der Waals surface area (Å²) < 4.78 is 35.9. The summed E-state index contributed by atoms with van der Waals surface area (Å²) in [5, 5.41) is 0.373. The van der Waals surface area contributed by atoms with E-state index in [4.69, 9.17) is 0 Å². The molecule has 14 heavy (non-hydrogen) atoms. The zero-order chi connectivity index (χ0) is 10.9. The predicted molar refractivity (Wildman–Crippen MR) is 46.8 cm³/mol. The first-order valence-electron chi connectivity index (χ1n) is 3.57. The Kier molecular flexibility index (Phi) is 2.79. The molecule has 0 amide bonds. The number of nitrogens with zero attached hydrogens (tertiary/aromatic N) is 2. The topological polar surface area (TPSA) is 33.2 Å². The van der Waals surface area contributed by atoms with Crippen LogP contribution in [0.3, 0.4) is 0 Å². The van der Waals surface area contributed by atoms with E-state index in [-0.39, 0.29) is 4.88 Å². The van der Waals surface area contributed by atoms with Crippen molar-refractivity contribution in [2.75, 3.05) is 19.0 Å². The predicted octanol–water partition coefficient (Wildman–Crippen LogP) is 1.95. The van der Waals surface area contributed by atoms with Crippen LogP contribution in [0.15, 0.2) is 6.20 Å².